The number of piperidine rings is 1. The van der Waals surface area contributed by atoms with Crippen LogP contribution in [0.5, 0.6) is 0 Å². The molecule has 1 aliphatic heterocycles. The summed E-state index contributed by atoms with van der Waals surface area (Å²) < 4.78 is 1.18. The fraction of sp³-hybridized carbons (Fsp3) is 0.667. The molecule has 1 aromatic rings. The summed E-state index contributed by atoms with van der Waals surface area (Å²) in [7, 11) is 0. The van der Waals surface area contributed by atoms with E-state index in [4.69, 9.17) is 0 Å². The lowest BCUT2D eigenvalue weighted by Crippen LogP contribution is -2.36. The normalized spacial score (nSPS) is 19.3. The second-order valence-corrected chi connectivity index (χ2v) is 7.58. The van der Waals surface area contributed by atoms with Crippen LogP contribution in [0.15, 0.2) is 22.7 Å². The average molecular weight is 353 g/mol. The smallest absolute Gasteiger partial charge is 0.0423 e. The van der Waals surface area contributed by atoms with Crippen LogP contribution in [0.3, 0.4) is 0 Å². The van der Waals surface area contributed by atoms with Crippen LogP contribution in [-0.2, 0) is 6.54 Å². The molecule has 2 nitrogen and oxygen atoms in total. The molecule has 0 bridgehead atoms. The van der Waals surface area contributed by atoms with Gasteiger partial charge in [0.25, 0.3) is 0 Å². The number of hydrogen-bond acceptors (Lipinski definition) is 2. The van der Waals surface area contributed by atoms with Crippen LogP contribution in [0.4, 0.5) is 5.69 Å². The minimum atomic E-state index is 0.698. The van der Waals surface area contributed by atoms with Crippen LogP contribution in [-0.4, -0.2) is 19.6 Å². The van der Waals surface area contributed by atoms with Gasteiger partial charge in [0.05, 0.1) is 0 Å². The van der Waals surface area contributed by atoms with Crippen molar-refractivity contribution >= 4 is 21.6 Å². The Kier molecular flexibility index (Phi) is 6.56. The number of benzene rings is 1. The molecule has 1 aliphatic rings. The third kappa shape index (κ3) is 5.00. The lowest BCUT2D eigenvalue weighted by atomic mass is 9.94. The number of rotatable bonds is 6. The first-order valence-corrected chi connectivity index (χ1v) is 9.13. The summed E-state index contributed by atoms with van der Waals surface area (Å²) in [5.74, 6) is 1.55. The minimum Gasteiger partial charge on any atom is -0.371 e. The third-order valence-electron chi connectivity index (χ3n) is 4.35. The zero-order chi connectivity index (χ0) is 15.2. The van der Waals surface area contributed by atoms with E-state index in [0.29, 0.717) is 5.92 Å². The largest absolute Gasteiger partial charge is 0.371 e. The Hall–Kier alpha value is -0.540. The zero-order valence-corrected chi connectivity index (χ0v) is 15.2. The van der Waals surface area contributed by atoms with E-state index in [1.54, 1.807) is 0 Å². The van der Waals surface area contributed by atoms with Crippen molar-refractivity contribution in [3.05, 3.63) is 28.2 Å². The second-order valence-electron chi connectivity index (χ2n) is 6.66. The molecule has 2 rings (SSSR count). The summed E-state index contributed by atoms with van der Waals surface area (Å²) in [6.07, 6.45) is 4.01. The molecule has 0 aromatic heterocycles. The number of halogens is 1. The molecule has 1 heterocycles. The van der Waals surface area contributed by atoms with E-state index >= 15 is 0 Å². The molecule has 0 saturated carbocycles. The van der Waals surface area contributed by atoms with E-state index in [0.717, 1.165) is 19.0 Å². The van der Waals surface area contributed by atoms with E-state index in [9.17, 15) is 0 Å². The summed E-state index contributed by atoms with van der Waals surface area (Å²) in [6, 6.07) is 6.73. The van der Waals surface area contributed by atoms with E-state index < -0.39 is 0 Å². The SMILES string of the molecule is CCC1CCCN(c2cc(Br)ccc2CNCC(C)C)C1. The highest BCUT2D eigenvalue weighted by Gasteiger charge is 2.20. The average Bonchev–Trinajstić information content (AvgIpc) is 2.48. The Labute approximate surface area is 138 Å². The topological polar surface area (TPSA) is 15.3 Å². The van der Waals surface area contributed by atoms with Crippen molar-refractivity contribution in [2.45, 2.75) is 46.6 Å². The molecule has 1 aromatic carbocycles. The fourth-order valence-corrected chi connectivity index (χ4v) is 3.44. The Bertz CT molecular complexity index is 445. The van der Waals surface area contributed by atoms with Crippen molar-refractivity contribution in [2.24, 2.45) is 11.8 Å². The predicted molar refractivity (Wildman–Crippen MR) is 95.9 cm³/mol. The quantitative estimate of drug-likeness (QED) is 0.789. The predicted octanol–water partition coefficient (Wildman–Crippen LogP) is 4.82. The molecule has 118 valence electrons. The van der Waals surface area contributed by atoms with Crippen molar-refractivity contribution in [3.63, 3.8) is 0 Å². The summed E-state index contributed by atoms with van der Waals surface area (Å²) in [5.41, 5.74) is 2.84. The van der Waals surface area contributed by atoms with Crippen LogP contribution in [0, 0.1) is 11.8 Å². The summed E-state index contributed by atoms with van der Waals surface area (Å²) in [6.45, 7) is 11.3. The molecular weight excluding hydrogens is 324 g/mol. The summed E-state index contributed by atoms with van der Waals surface area (Å²) in [4.78, 5) is 2.59. The Morgan fingerprint density at radius 1 is 1.38 bits per heavy atom. The monoisotopic (exact) mass is 352 g/mol. The summed E-state index contributed by atoms with van der Waals surface area (Å²) in [5, 5.41) is 3.58. The van der Waals surface area contributed by atoms with Gasteiger partial charge in [0.15, 0.2) is 0 Å². The molecule has 0 radical (unpaired) electrons. The molecular formula is C18H29BrN2. The first kappa shape index (κ1) is 16.8. The first-order chi connectivity index (χ1) is 10.1. The van der Waals surface area contributed by atoms with E-state index in [-0.39, 0.29) is 0 Å². The van der Waals surface area contributed by atoms with Crippen LogP contribution in [0.1, 0.15) is 45.6 Å². The van der Waals surface area contributed by atoms with E-state index in [1.165, 1.54) is 48.1 Å². The van der Waals surface area contributed by atoms with E-state index in [1.807, 2.05) is 0 Å². The van der Waals surface area contributed by atoms with Gasteiger partial charge in [0, 0.05) is 29.8 Å². The molecule has 1 saturated heterocycles. The molecule has 1 atom stereocenters. The number of anilines is 1. The van der Waals surface area contributed by atoms with Crippen LogP contribution >= 0.6 is 15.9 Å². The molecule has 0 aliphatic carbocycles. The van der Waals surface area contributed by atoms with Gasteiger partial charge in [0.2, 0.25) is 0 Å². The third-order valence-corrected chi connectivity index (χ3v) is 4.85. The molecule has 1 N–H and O–H groups in total. The maximum atomic E-state index is 3.64. The molecule has 1 unspecified atom stereocenters. The molecule has 1 fully saturated rings. The maximum absolute atomic E-state index is 3.64. The van der Waals surface area contributed by atoms with Crippen molar-refractivity contribution in [1.29, 1.82) is 0 Å². The number of nitrogens with zero attached hydrogens (tertiary/aromatic N) is 1. The van der Waals surface area contributed by atoms with Crippen molar-refractivity contribution < 1.29 is 0 Å². The molecule has 0 spiro atoms. The van der Waals surface area contributed by atoms with Gasteiger partial charge >= 0.3 is 0 Å². The molecule has 3 heteroatoms. The highest BCUT2D eigenvalue weighted by Crippen LogP contribution is 2.30. The highest BCUT2D eigenvalue weighted by atomic mass is 79.9. The van der Waals surface area contributed by atoms with E-state index in [2.05, 4.69) is 65.1 Å². The van der Waals surface area contributed by atoms with Crippen LogP contribution in [0.25, 0.3) is 0 Å². The Balaban J connectivity index is 2.10. The van der Waals surface area contributed by atoms with Gasteiger partial charge in [-0.05, 0) is 48.9 Å². The summed E-state index contributed by atoms with van der Waals surface area (Å²) >= 11 is 3.64. The van der Waals surface area contributed by atoms with Crippen LogP contribution < -0.4 is 10.2 Å². The van der Waals surface area contributed by atoms with Crippen molar-refractivity contribution in [3.8, 4) is 0 Å². The van der Waals surface area contributed by atoms with Crippen molar-refractivity contribution in [1.82, 2.24) is 5.32 Å². The molecule has 21 heavy (non-hydrogen) atoms. The van der Waals surface area contributed by atoms with Gasteiger partial charge in [-0.15, -0.1) is 0 Å². The van der Waals surface area contributed by atoms with Crippen molar-refractivity contribution in [2.75, 3.05) is 24.5 Å². The lowest BCUT2D eigenvalue weighted by Gasteiger charge is -2.35. The fourth-order valence-electron chi connectivity index (χ4n) is 3.09. The minimum absolute atomic E-state index is 0.698. The van der Waals surface area contributed by atoms with Gasteiger partial charge in [-0.25, -0.2) is 0 Å². The standard InChI is InChI=1S/C18H29BrN2/c1-4-15-6-5-9-21(13-15)18-10-17(19)8-7-16(18)12-20-11-14(2)3/h7-8,10,14-15,20H,4-6,9,11-13H2,1-3H3. The van der Waals surface area contributed by atoms with Crippen LogP contribution in [0.2, 0.25) is 0 Å². The Morgan fingerprint density at radius 3 is 2.90 bits per heavy atom. The van der Waals surface area contributed by atoms with Gasteiger partial charge in [0.1, 0.15) is 0 Å². The number of hydrogen-bond donors (Lipinski definition) is 1. The lowest BCUT2D eigenvalue weighted by molar-refractivity contribution is 0.404. The zero-order valence-electron chi connectivity index (χ0n) is 13.7. The highest BCUT2D eigenvalue weighted by molar-refractivity contribution is 9.10. The Morgan fingerprint density at radius 2 is 2.19 bits per heavy atom. The first-order valence-electron chi connectivity index (χ1n) is 8.34. The van der Waals surface area contributed by atoms with Gasteiger partial charge < -0.3 is 10.2 Å². The number of nitrogens with one attached hydrogen (secondary N) is 1. The van der Waals surface area contributed by atoms with Gasteiger partial charge in [-0.1, -0.05) is 49.2 Å². The second kappa shape index (κ2) is 8.19. The maximum Gasteiger partial charge on any atom is 0.0423 e. The van der Waals surface area contributed by atoms with Gasteiger partial charge in [-0.3, -0.25) is 0 Å². The molecule has 0 amide bonds. The van der Waals surface area contributed by atoms with Gasteiger partial charge in [-0.2, -0.15) is 0 Å².